The zero-order valence-electron chi connectivity index (χ0n) is 15.2. The Kier molecular flexibility index (Phi) is 6.01. The fourth-order valence-corrected chi connectivity index (χ4v) is 3.83. The Labute approximate surface area is 168 Å². The van der Waals surface area contributed by atoms with Crippen LogP contribution in [-0.4, -0.2) is 41.8 Å². The van der Waals surface area contributed by atoms with Gasteiger partial charge < -0.3 is 10.2 Å². The molecule has 3 amide bonds. The predicted molar refractivity (Wildman–Crippen MR) is 102 cm³/mol. The second-order valence-electron chi connectivity index (χ2n) is 7.18. The highest BCUT2D eigenvalue weighted by Crippen LogP contribution is 2.29. The van der Waals surface area contributed by atoms with Crippen LogP contribution in [-0.2, 0) is 16.1 Å². The van der Waals surface area contributed by atoms with Crippen molar-refractivity contribution in [3.63, 3.8) is 0 Å². The molecule has 28 heavy (non-hydrogen) atoms. The Morgan fingerprint density at radius 1 is 1.11 bits per heavy atom. The molecule has 0 aliphatic carbocycles. The number of halogens is 2. The molecule has 1 aromatic rings. The van der Waals surface area contributed by atoms with Gasteiger partial charge in [0.15, 0.2) is 0 Å². The normalized spacial score (nSPS) is 22.1. The number of hydrogen-bond donors (Lipinski definition) is 2. The van der Waals surface area contributed by atoms with Crippen LogP contribution in [0.5, 0.6) is 0 Å². The molecular formula is C20H21ClFN3O3. The number of amides is 3. The summed E-state index contributed by atoms with van der Waals surface area (Å²) in [7, 11) is 0. The van der Waals surface area contributed by atoms with Gasteiger partial charge in [0.2, 0.25) is 11.8 Å². The Balaban J connectivity index is 0.00000225. The van der Waals surface area contributed by atoms with Crippen molar-refractivity contribution in [3.05, 3.63) is 34.6 Å². The third-order valence-corrected chi connectivity index (χ3v) is 5.36. The summed E-state index contributed by atoms with van der Waals surface area (Å²) < 4.78 is 14.5. The summed E-state index contributed by atoms with van der Waals surface area (Å²) in [5.74, 6) is 4.61. The van der Waals surface area contributed by atoms with Gasteiger partial charge in [-0.2, -0.15) is 0 Å². The van der Waals surface area contributed by atoms with E-state index in [2.05, 4.69) is 22.5 Å². The summed E-state index contributed by atoms with van der Waals surface area (Å²) >= 11 is 0. The number of benzene rings is 1. The van der Waals surface area contributed by atoms with Crippen LogP contribution in [0.15, 0.2) is 12.1 Å². The SMILES string of the molecule is Cl.O=C1CCC(N2Cc3cc(C#CC4CCNCC4)c(F)cc3C2=O)C(=O)N1. The van der Waals surface area contributed by atoms with Crippen molar-refractivity contribution in [2.45, 2.75) is 38.3 Å². The average molecular weight is 406 g/mol. The van der Waals surface area contributed by atoms with Crippen LogP contribution >= 0.6 is 12.4 Å². The molecule has 0 bridgehead atoms. The van der Waals surface area contributed by atoms with Crippen molar-refractivity contribution >= 4 is 30.1 Å². The molecule has 1 unspecified atom stereocenters. The first-order chi connectivity index (χ1) is 13.0. The van der Waals surface area contributed by atoms with E-state index >= 15 is 0 Å². The largest absolute Gasteiger partial charge is 0.322 e. The van der Waals surface area contributed by atoms with Crippen molar-refractivity contribution in [1.29, 1.82) is 0 Å². The molecule has 1 aromatic carbocycles. The number of rotatable bonds is 1. The number of carbonyl (C=O) groups is 3. The van der Waals surface area contributed by atoms with Gasteiger partial charge in [-0.3, -0.25) is 19.7 Å². The number of piperidine rings is 2. The van der Waals surface area contributed by atoms with Gasteiger partial charge in [0.05, 0.1) is 5.56 Å². The highest BCUT2D eigenvalue weighted by atomic mass is 35.5. The van der Waals surface area contributed by atoms with Crippen molar-refractivity contribution < 1.29 is 18.8 Å². The Bertz CT molecular complexity index is 887. The highest BCUT2D eigenvalue weighted by Gasteiger charge is 2.39. The van der Waals surface area contributed by atoms with Gasteiger partial charge >= 0.3 is 0 Å². The molecule has 0 aromatic heterocycles. The lowest BCUT2D eigenvalue weighted by Crippen LogP contribution is -2.52. The molecule has 0 radical (unpaired) electrons. The van der Waals surface area contributed by atoms with E-state index in [1.165, 1.54) is 11.0 Å². The van der Waals surface area contributed by atoms with Crippen LogP contribution in [0.25, 0.3) is 0 Å². The number of nitrogens with one attached hydrogen (secondary N) is 2. The lowest BCUT2D eigenvalue weighted by atomic mass is 9.98. The molecule has 6 nitrogen and oxygen atoms in total. The Hall–Kier alpha value is -2.43. The summed E-state index contributed by atoms with van der Waals surface area (Å²) in [5.41, 5.74) is 1.22. The van der Waals surface area contributed by atoms with Crippen LogP contribution in [0, 0.1) is 23.6 Å². The van der Waals surface area contributed by atoms with Crippen LogP contribution in [0.4, 0.5) is 4.39 Å². The van der Waals surface area contributed by atoms with Crippen molar-refractivity contribution in [3.8, 4) is 11.8 Å². The number of carbonyl (C=O) groups excluding carboxylic acids is 3. The predicted octanol–water partition coefficient (Wildman–Crippen LogP) is 1.36. The molecule has 2 fully saturated rings. The molecule has 0 saturated carbocycles. The summed E-state index contributed by atoms with van der Waals surface area (Å²) in [6.07, 6.45) is 2.37. The molecule has 3 aliphatic rings. The van der Waals surface area contributed by atoms with Gasteiger partial charge in [-0.15, -0.1) is 12.4 Å². The first-order valence-electron chi connectivity index (χ1n) is 9.22. The number of imide groups is 1. The molecule has 148 valence electrons. The average Bonchev–Trinajstić information content (AvgIpc) is 2.96. The van der Waals surface area contributed by atoms with Crippen LogP contribution in [0.2, 0.25) is 0 Å². The van der Waals surface area contributed by atoms with Crippen molar-refractivity contribution in [2.24, 2.45) is 5.92 Å². The van der Waals surface area contributed by atoms with E-state index in [9.17, 15) is 18.8 Å². The summed E-state index contributed by atoms with van der Waals surface area (Å²) in [4.78, 5) is 37.4. The number of fused-ring (bicyclic) bond motifs is 1. The van der Waals surface area contributed by atoms with E-state index in [-0.39, 0.29) is 60.7 Å². The van der Waals surface area contributed by atoms with Gasteiger partial charge in [0, 0.05) is 24.4 Å². The van der Waals surface area contributed by atoms with E-state index in [0.717, 1.165) is 25.9 Å². The fourth-order valence-electron chi connectivity index (χ4n) is 3.83. The third-order valence-electron chi connectivity index (χ3n) is 5.36. The Morgan fingerprint density at radius 2 is 1.86 bits per heavy atom. The molecule has 4 rings (SSSR count). The van der Waals surface area contributed by atoms with Crippen LogP contribution in [0.3, 0.4) is 0 Å². The van der Waals surface area contributed by atoms with Gasteiger partial charge in [-0.1, -0.05) is 11.8 Å². The zero-order chi connectivity index (χ0) is 19.0. The van der Waals surface area contributed by atoms with E-state index in [1.807, 2.05) is 0 Å². The molecule has 1 atom stereocenters. The minimum absolute atomic E-state index is 0. The topological polar surface area (TPSA) is 78.5 Å². The second-order valence-corrected chi connectivity index (χ2v) is 7.18. The molecule has 3 heterocycles. The van der Waals surface area contributed by atoms with E-state index in [4.69, 9.17) is 0 Å². The monoisotopic (exact) mass is 405 g/mol. The third kappa shape index (κ3) is 3.89. The Morgan fingerprint density at radius 3 is 2.57 bits per heavy atom. The maximum atomic E-state index is 14.5. The summed E-state index contributed by atoms with van der Waals surface area (Å²) in [5, 5.41) is 5.53. The lowest BCUT2D eigenvalue weighted by molar-refractivity contribution is -0.136. The highest BCUT2D eigenvalue weighted by molar-refractivity contribution is 6.05. The molecule has 0 spiro atoms. The fraction of sp³-hybridized carbons (Fsp3) is 0.450. The smallest absolute Gasteiger partial charge is 0.255 e. The quantitative estimate of drug-likeness (QED) is 0.546. The standard InChI is InChI=1S/C20H20FN3O3.ClH/c21-16-10-15-14(9-13(16)2-1-12-5-7-22-8-6-12)11-24(20(15)27)17-3-4-18(25)23-19(17)26;/h9-10,12,17,22H,3-8,11H2,(H,23,25,26);1H. The minimum Gasteiger partial charge on any atom is -0.322 e. The van der Waals surface area contributed by atoms with Gasteiger partial charge in [-0.05, 0) is 50.0 Å². The van der Waals surface area contributed by atoms with Gasteiger partial charge in [0.1, 0.15) is 11.9 Å². The maximum Gasteiger partial charge on any atom is 0.255 e. The minimum atomic E-state index is -0.699. The van der Waals surface area contributed by atoms with Gasteiger partial charge in [0.25, 0.3) is 5.91 Å². The van der Waals surface area contributed by atoms with E-state index < -0.39 is 17.8 Å². The van der Waals surface area contributed by atoms with Crippen LogP contribution < -0.4 is 10.6 Å². The summed E-state index contributed by atoms with van der Waals surface area (Å²) in [6, 6.07) is 2.13. The molecular weight excluding hydrogens is 385 g/mol. The first-order valence-corrected chi connectivity index (χ1v) is 9.22. The number of hydrogen-bond acceptors (Lipinski definition) is 4. The lowest BCUT2D eigenvalue weighted by Gasteiger charge is -2.29. The van der Waals surface area contributed by atoms with Crippen molar-refractivity contribution in [2.75, 3.05) is 13.1 Å². The molecule has 8 heteroatoms. The molecule has 2 N–H and O–H groups in total. The van der Waals surface area contributed by atoms with E-state index in [0.29, 0.717) is 5.56 Å². The van der Waals surface area contributed by atoms with Crippen LogP contribution in [0.1, 0.15) is 47.2 Å². The van der Waals surface area contributed by atoms with Gasteiger partial charge in [-0.25, -0.2) is 4.39 Å². The maximum absolute atomic E-state index is 14.5. The number of nitrogens with zero attached hydrogens (tertiary/aromatic N) is 1. The molecule has 2 saturated heterocycles. The first kappa shape index (κ1) is 20.3. The van der Waals surface area contributed by atoms with Crippen molar-refractivity contribution in [1.82, 2.24) is 15.5 Å². The van der Waals surface area contributed by atoms with E-state index in [1.54, 1.807) is 6.07 Å². The molecule has 3 aliphatic heterocycles. The second kappa shape index (κ2) is 8.29. The summed E-state index contributed by atoms with van der Waals surface area (Å²) in [6.45, 7) is 2.06. The zero-order valence-corrected chi connectivity index (χ0v) is 16.0.